The molecule has 1 aliphatic rings. The van der Waals surface area contributed by atoms with Gasteiger partial charge < -0.3 is 10.2 Å². The van der Waals surface area contributed by atoms with Gasteiger partial charge in [-0.25, -0.2) is 8.78 Å². The number of benzene rings is 1. The van der Waals surface area contributed by atoms with Gasteiger partial charge in [0.25, 0.3) is 0 Å². The Bertz CT molecular complexity index is 450. The van der Waals surface area contributed by atoms with Crippen molar-refractivity contribution >= 4 is 0 Å². The minimum absolute atomic E-state index is 0.142. The highest BCUT2D eigenvalue weighted by Gasteiger charge is 2.25. The highest BCUT2D eigenvalue weighted by atomic mass is 19.2. The second-order valence-corrected chi connectivity index (χ2v) is 5.97. The zero-order valence-corrected chi connectivity index (χ0v) is 13.0. The third-order valence-corrected chi connectivity index (χ3v) is 4.39. The lowest BCUT2D eigenvalue weighted by atomic mass is 10.0. The highest BCUT2D eigenvalue weighted by Crippen LogP contribution is 2.24. The summed E-state index contributed by atoms with van der Waals surface area (Å²) in [7, 11) is 0. The molecule has 4 heteroatoms. The Hall–Kier alpha value is -1.00. The monoisotopic (exact) mass is 296 g/mol. The Balaban J connectivity index is 2.09. The predicted molar refractivity (Wildman–Crippen MR) is 82.2 cm³/mol. The van der Waals surface area contributed by atoms with Crippen molar-refractivity contribution < 1.29 is 8.78 Å². The first-order chi connectivity index (χ1) is 10.2. The van der Waals surface area contributed by atoms with E-state index in [-0.39, 0.29) is 6.04 Å². The van der Waals surface area contributed by atoms with E-state index in [0.29, 0.717) is 5.56 Å². The zero-order valence-electron chi connectivity index (χ0n) is 13.0. The summed E-state index contributed by atoms with van der Waals surface area (Å²) in [4.78, 5) is 2.37. The standard InChI is InChI=1S/C17H26F2N2/c1-3-9-20-16(12-21-10-8-13(4-2)11-21)14-6-5-7-15(18)17(14)19/h5-7,13,16,20H,3-4,8-12H2,1-2H3. The van der Waals surface area contributed by atoms with Crippen LogP contribution in [0.3, 0.4) is 0 Å². The summed E-state index contributed by atoms with van der Waals surface area (Å²) in [6.45, 7) is 7.97. The van der Waals surface area contributed by atoms with Crippen molar-refractivity contribution in [3.05, 3.63) is 35.4 Å². The van der Waals surface area contributed by atoms with E-state index in [2.05, 4.69) is 24.1 Å². The first-order valence-electron chi connectivity index (χ1n) is 8.05. The highest BCUT2D eigenvalue weighted by molar-refractivity contribution is 5.23. The Labute approximate surface area is 126 Å². The van der Waals surface area contributed by atoms with Crippen LogP contribution in [0.1, 0.15) is 44.7 Å². The summed E-state index contributed by atoms with van der Waals surface area (Å²) < 4.78 is 27.5. The van der Waals surface area contributed by atoms with Crippen molar-refractivity contribution in [3.63, 3.8) is 0 Å². The van der Waals surface area contributed by atoms with Crippen LogP contribution in [0, 0.1) is 17.6 Å². The molecule has 1 saturated heterocycles. The maximum Gasteiger partial charge on any atom is 0.163 e. The van der Waals surface area contributed by atoms with Crippen LogP contribution < -0.4 is 5.32 Å². The third kappa shape index (κ3) is 4.24. The molecule has 0 aromatic heterocycles. The van der Waals surface area contributed by atoms with Crippen LogP contribution in [0.4, 0.5) is 8.78 Å². The summed E-state index contributed by atoms with van der Waals surface area (Å²) in [5, 5.41) is 3.37. The van der Waals surface area contributed by atoms with Crippen molar-refractivity contribution in [2.45, 2.75) is 39.2 Å². The molecule has 1 aromatic carbocycles. The average Bonchev–Trinajstić information content (AvgIpc) is 2.94. The zero-order chi connectivity index (χ0) is 15.2. The van der Waals surface area contributed by atoms with E-state index >= 15 is 0 Å². The lowest BCUT2D eigenvalue weighted by Gasteiger charge is -2.25. The molecule has 2 nitrogen and oxygen atoms in total. The van der Waals surface area contributed by atoms with E-state index < -0.39 is 11.6 Å². The molecule has 1 aromatic rings. The van der Waals surface area contributed by atoms with Crippen molar-refractivity contribution in [1.29, 1.82) is 0 Å². The smallest absolute Gasteiger partial charge is 0.163 e. The molecule has 1 N–H and O–H groups in total. The van der Waals surface area contributed by atoms with Crippen LogP contribution >= 0.6 is 0 Å². The second kappa shape index (κ2) is 7.85. The quantitative estimate of drug-likeness (QED) is 0.824. The fraction of sp³-hybridized carbons (Fsp3) is 0.647. The molecule has 0 spiro atoms. The van der Waals surface area contributed by atoms with Crippen molar-refractivity contribution in [3.8, 4) is 0 Å². The molecule has 1 heterocycles. The predicted octanol–water partition coefficient (Wildman–Crippen LogP) is 3.74. The second-order valence-electron chi connectivity index (χ2n) is 5.97. The number of halogens is 2. The van der Waals surface area contributed by atoms with E-state index in [4.69, 9.17) is 0 Å². The minimum atomic E-state index is -0.761. The Morgan fingerprint density at radius 3 is 2.81 bits per heavy atom. The number of nitrogens with one attached hydrogen (secondary N) is 1. The van der Waals surface area contributed by atoms with Gasteiger partial charge in [-0.3, -0.25) is 0 Å². The van der Waals surface area contributed by atoms with Gasteiger partial charge in [0.05, 0.1) is 0 Å². The summed E-state index contributed by atoms with van der Waals surface area (Å²) in [5.74, 6) is -0.727. The summed E-state index contributed by atoms with van der Waals surface area (Å²) in [6, 6.07) is 4.32. The Kier molecular flexibility index (Phi) is 6.12. The Morgan fingerprint density at radius 2 is 2.14 bits per heavy atom. The fourth-order valence-corrected chi connectivity index (χ4v) is 3.05. The molecule has 0 amide bonds. The molecular weight excluding hydrogens is 270 g/mol. The van der Waals surface area contributed by atoms with Gasteiger partial charge in [0.15, 0.2) is 11.6 Å². The fourth-order valence-electron chi connectivity index (χ4n) is 3.05. The SMILES string of the molecule is CCCNC(CN1CCC(CC)C1)c1cccc(F)c1F. The third-order valence-electron chi connectivity index (χ3n) is 4.39. The van der Waals surface area contributed by atoms with Gasteiger partial charge in [-0.15, -0.1) is 0 Å². The first-order valence-corrected chi connectivity index (χ1v) is 8.05. The van der Waals surface area contributed by atoms with Crippen LogP contribution in [0.2, 0.25) is 0 Å². The minimum Gasteiger partial charge on any atom is -0.309 e. The molecule has 118 valence electrons. The van der Waals surface area contributed by atoms with Gasteiger partial charge in [-0.05, 0) is 37.9 Å². The van der Waals surface area contributed by atoms with E-state index in [9.17, 15) is 8.78 Å². The van der Waals surface area contributed by atoms with Gasteiger partial charge in [-0.2, -0.15) is 0 Å². The van der Waals surface area contributed by atoms with Crippen LogP contribution in [0.25, 0.3) is 0 Å². The van der Waals surface area contributed by atoms with Gasteiger partial charge >= 0.3 is 0 Å². The van der Waals surface area contributed by atoms with E-state index in [1.54, 1.807) is 12.1 Å². The van der Waals surface area contributed by atoms with Crippen molar-refractivity contribution in [2.24, 2.45) is 5.92 Å². The van der Waals surface area contributed by atoms with Gasteiger partial charge in [0.1, 0.15) is 0 Å². The molecule has 0 saturated carbocycles. The summed E-state index contributed by atoms with van der Waals surface area (Å²) in [6.07, 6.45) is 3.38. The maximum atomic E-state index is 14.1. The molecule has 2 rings (SSSR count). The summed E-state index contributed by atoms with van der Waals surface area (Å²) >= 11 is 0. The molecule has 1 aliphatic heterocycles. The number of likely N-dealkylation sites (tertiary alicyclic amines) is 1. The average molecular weight is 296 g/mol. The molecule has 21 heavy (non-hydrogen) atoms. The lowest BCUT2D eigenvalue weighted by Crippen LogP contribution is -2.35. The molecule has 0 radical (unpaired) electrons. The normalized spacial score (nSPS) is 20.9. The molecule has 1 fully saturated rings. The van der Waals surface area contributed by atoms with E-state index in [1.165, 1.54) is 18.9 Å². The van der Waals surface area contributed by atoms with E-state index in [0.717, 1.165) is 38.5 Å². The van der Waals surface area contributed by atoms with Gasteiger partial charge in [-0.1, -0.05) is 32.4 Å². The number of hydrogen-bond acceptors (Lipinski definition) is 2. The number of nitrogens with zero attached hydrogens (tertiary/aromatic N) is 1. The molecule has 0 bridgehead atoms. The first kappa shape index (κ1) is 16.4. The lowest BCUT2D eigenvalue weighted by molar-refractivity contribution is 0.277. The Morgan fingerprint density at radius 1 is 1.33 bits per heavy atom. The van der Waals surface area contributed by atoms with Crippen LogP contribution in [-0.2, 0) is 0 Å². The van der Waals surface area contributed by atoms with Gasteiger partial charge in [0, 0.05) is 24.7 Å². The van der Waals surface area contributed by atoms with Crippen LogP contribution in [-0.4, -0.2) is 31.1 Å². The molecule has 0 aliphatic carbocycles. The van der Waals surface area contributed by atoms with Crippen molar-refractivity contribution in [1.82, 2.24) is 10.2 Å². The van der Waals surface area contributed by atoms with Crippen molar-refractivity contribution in [2.75, 3.05) is 26.2 Å². The molecular formula is C17H26F2N2. The van der Waals surface area contributed by atoms with Crippen LogP contribution in [0.15, 0.2) is 18.2 Å². The van der Waals surface area contributed by atoms with Gasteiger partial charge in [0.2, 0.25) is 0 Å². The molecule has 2 atom stereocenters. The maximum absolute atomic E-state index is 14.1. The number of rotatable bonds is 7. The largest absolute Gasteiger partial charge is 0.309 e. The molecule has 2 unspecified atom stereocenters. The van der Waals surface area contributed by atoms with E-state index in [1.807, 2.05) is 0 Å². The van der Waals surface area contributed by atoms with Crippen LogP contribution in [0.5, 0.6) is 0 Å². The number of hydrogen-bond donors (Lipinski definition) is 1. The topological polar surface area (TPSA) is 15.3 Å². The summed E-state index contributed by atoms with van der Waals surface area (Å²) in [5.41, 5.74) is 0.448.